The zero-order chi connectivity index (χ0) is 19.2. The van der Waals surface area contributed by atoms with Crippen LogP contribution in [0.4, 0.5) is 5.69 Å². The molecule has 2 aromatic rings. The molecule has 0 saturated heterocycles. The fraction of sp³-hybridized carbons (Fsp3) is 0.409. The Labute approximate surface area is 165 Å². The lowest BCUT2D eigenvalue weighted by Gasteiger charge is -2.19. The SMILES string of the molecule is CCCCc1ccc(NC(=O)COc2ccc(C(C)(C)C)cc2)c(Br)c1. The zero-order valence-electron chi connectivity index (χ0n) is 16.1. The maximum atomic E-state index is 12.2. The molecule has 1 N–H and O–H groups in total. The van der Waals surface area contributed by atoms with Gasteiger partial charge in [-0.25, -0.2) is 0 Å². The second-order valence-electron chi connectivity index (χ2n) is 7.53. The second-order valence-corrected chi connectivity index (χ2v) is 8.38. The number of benzene rings is 2. The van der Waals surface area contributed by atoms with E-state index in [1.54, 1.807) is 0 Å². The molecule has 0 fully saturated rings. The van der Waals surface area contributed by atoms with Gasteiger partial charge < -0.3 is 10.1 Å². The van der Waals surface area contributed by atoms with Gasteiger partial charge >= 0.3 is 0 Å². The lowest BCUT2D eigenvalue weighted by atomic mass is 9.87. The van der Waals surface area contributed by atoms with Crippen LogP contribution in [0.15, 0.2) is 46.9 Å². The molecule has 0 spiro atoms. The van der Waals surface area contributed by atoms with Gasteiger partial charge in [0, 0.05) is 4.47 Å². The maximum Gasteiger partial charge on any atom is 0.262 e. The summed E-state index contributed by atoms with van der Waals surface area (Å²) < 4.78 is 6.49. The van der Waals surface area contributed by atoms with Gasteiger partial charge in [-0.3, -0.25) is 4.79 Å². The van der Waals surface area contributed by atoms with Crippen LogP contribution in [-0.4, -0.2) is 12.5 Å². The molecule has 2 rings (SSSR count). The quantitative estimate of drug-likeness (QED) is 0.590. The lowest BCUT2D eigenvalue weighted by Crippen LogP contribution is -2.20. The van der Waals surface area contributed by atoms with E-state index in [2.05, 4.69) is 61.1 Å². The number of nitrogens with one attached hydrogen (secondary N) is 1. The summed E-state index contributed by atoms with van der Waals surface area (Å²) in [6.45, 7) is 8.67. The third-order valence-electron chi connectivity index (χ3n) is 4.22. The van der Waals surface area contributed by atoms with E-state index in [4.69, 9.17) is 4.74 Å². The number of amides is 1. The molecule has 0 radical (unpaired) electrons. The van der Waals surface area contributed by atoms with Crippen molar-refractivity contribution in [3.05, 3.63) is 58.1 Å². The molecule has 0 saturated carbocycles. The molecule has 1 amide bonds. The molecule has 3 nitrogen and oxygen atoms in total. The van der Waals surface area contributed by atoms with Crippen LogP contribution in [0.25, 0.3) is 0 Å². The van der Waals surface area contributed by atoms with Gasteiger partial charge in [0.2, 0.25) is 0 Å². The summed E-state index contributed by atoms with van der Waals surface area (Å²) in [6, 6.07) is 14.0. The molecular formula is C22H28BrNO2. The topological polar surface area (TPSA) is 38.3 Å². The first-order chi connectivity index (χ1) is 12.3. The zero-order valence-corrected chi connectivity index (χ0v) is 17.7. The first kappa shape index (κ1) is 20.5. The van der Waals surface area contributed by atoms with Crippen molar-refractivity contribution in [3.8, 4) is 5.75 Å². The van der Waals surface area contributed by atoms with Crippen LogP contribution in [0.2, 0.25) is 0 Å². The third kappa shape index (κ3) is 6.17. The summed E-state index contributed by atoms with van der Waals surface area (Å²) in [4.78, 5) is 12.2. The number of unbranched alkanes of at least 4 members (excludes halogenated alkanes) is 1. The number of carbonyl (C=O) groups is 1. The van der Waals surface area contributed by atoms with Gasteiger partial charge in [0.25, 0.3) is 5.91 Å². The van der Waals surface area contributed by atoms with Crippen LogP contribution in [-0.2, 0) is 16.6 Å². The van der Waals surface area contributed by atoms with Crippen molar-refractivity contribution >= 4 is 27.5 Å². The predicted octanol–water partition coefficient (Wildman–Crippen LogP) is 6.11. The molecule has 0 aliphatic carbocycles. The molecule has 4 heteroatoms. The van der Waals surface area contributed by atoms with E-state index in [1.165, 1.54) is 24.0 Å². The van der Waals surface area contributed by atoms with E-state index in [0.717, 1.165) is 16.6 Å². The number of hydrogen-bond acceptors (Lipinski definition) is 2. The van der Waals surface area contributed by atoms with Gasteiger partial charge in [-0.15, -0.1) is 0 Å². The Morgan fingerprint density at radius 1 is 1.12 bits per heavy atom. The summed E-state index contributed by atoms with van der Waals surface area (Å²) in [7, 11) is 0. The minimum Gasteiger partial charge on any atom is -0.484 e. The summed E-state index contributed by atoms with van der Waals surface area (Å²) in [5, 5.41) is 2.89. The fourth-order valence-corrected chi connectivity index (χ4v) is 3.11. The molecular weight excluding hydrogens is 390 g/mol. The molecule has 0 aliphatic heterocycles. The van der Waals surface area contributed by atoms with E-state index in [9.17, 15) is 4.79 Å². The average molecular weight is 418 g/mol. The first-order valence-electron chi connectivity index (χ1n) is 9.11. The van der Waals surface area contributed by atoms with Gasteiger partial charge in [0.1, 0.15) is 5.75 Å². The summed E-state index contributed by atoms with van der Waals surface area (Å²) in [5.74, 6) is 0.522. The number of rotatable bonds is 7. The minimum absolute atomic E-state index is 0.0150. The number of ether oxygens (including phenoxy) is 1. The summed E-state index contributed by atoms with van der Waals surface area (Å²) in [5.41, 5.74) is 3.38. The maximum absolute atomic E-state index is 12.2. The Hall–Kier alpha value is -1.81. The Kier molecular flexibility index (Phi) is 7.27. The monoisotopic (exact) mass is 417 g/mol. The van der Waals surface area contributed by atoms with Crippen LogP contribution >= 0.6 is 15.9 Å². The van der Waals surface area contributed by atoms with Crippen molar-refractivity contribution < 1.29 is 9.53 Å². The third-order valence-corrected chi connectivity index (χ3v) is 4.87. The molecule has 140 valence electrons. The molecule has 0 atom stereocenters. The number of halogens is 1. The van der Waals surface area contributed by atoms with Gasteiger partial charge in [0.05, 0.1) is 5.69 Å². The number of aryl methyl sites for hydroxylation is 1. The molecule has 0 aromatic heterocycles. The molecule has 2 aromatic carbocycles. The minimum atomic E-state index is -0.174. The van der Waals surface area contributed by atoms with Crippen LogP contribution in [0, 0.1) is 0 Å². The van der Waals surface area contributed by atoms with E-state index in [0.29, 0.717) is 5.75 Å². The van der Waals surface area contributed by atoms with Crippen molar-refractivity contribution in [2.75, 3.05) is 11.9 Å². The largest absolute Gasteiger partial charge is 0.484 e. The van der Waals surface area contributed by atoms with Crippen LogP contribution in [0.1, 0.15) is 51.7 Å². The second kappa shape index (κ2) is 9.22. The highest BCUT2D eigenvalue weighted by molar-refractivity contribution is 9.10. The van der Waals surface area contributed by atoms with Crippen molar-refractivity contribution in [2.45, 2.75) is 52.4 Å². The predicted molar refractivity (Wildman–Crippen MR) is 112 cm³/mol. The van der Waals surface area contributed by atoms with E-state index < -0.39 is 0 Å². The van der Waals surface area contributed by atoms with E-state index in [1.807, 2.05) is 30.3 Å². The highest BCUT2D eigenvalue weighted by Gasteiger charge is 2.13. The van der Waals surface area contributed by atoms with Gasteiger partial charge in [-0.05, 0) is 69.6 Å². The molecule has 0 heterocycles. The molecule has 0 aliphatic rings. The van der Waals surface area contributed by atoms with Gasteiger partial charge in [-0.2, -0.15) is 0 Å². The molecule has 0 bridgehead atoms. The van der Waals surface area contributed by atoms with Gasteiger partial charge in [-0.1, -0.05) is 52.3 Å². The highest BCUT2D eigenvalue weighted by atomic mass is 79.9. The lowest BCUT2D eigenvalue weighted by molar-refractivity contribution is -0.118. The fourth-order valence-electron chi connectivity index (χ4n) is 2.58. The highest BCUT2D eigenvalue weighted by Crippen LogP contribution is 2.25. The van der Waals surface area contributed by atoms with Gasteiger partial charge in [0.15, 0.2) is 6.61 Å². The number of anilines is 1. The summed E-state index contributed by atoms with van der Waals surface area (Å²) >= 11 is 3.53. The van der Waals surface area contributed by atoms with E-state index >= 15 is 0 Å². The first-order valence-corrected chi connectivity index (χ1v) is 9.90. The average Bonchev–Trinajstić information content (AvgIpc) is 2.60. The van der Waals surface area contributed by atoms with Crippen LogP contribution in [0.5, 0.6) is 5.75 Å². The molecule has 0 unspecified atom stereocenters. The van der Waals surface area contributed by atoms with Crippen molar-refractivity contribution in [3.63, 3.8) is 0 Å². The van der Waals surface area contributed by atoms with Crippen molar-refractivity contribution in [2.24, 2.45) is 0 Å². The Balaban J connectivity index is 1.89. The standard InChI is InChI=1S/C22H28BrNO2/c1-5-6-7-16-8-13-20(19(23)14-16)24-21(25)15-26-18-11-9-17(10-12-18)22(2,3)4/h8-14H,5-7,15H2,1-4H3,(H,24,25). The van der Waals surface area contributed by atoms with Crippen molar-refractivity contribution in [1.82, 2.24) is 0 Å². The van der Waals surface area contributed by atoms with Crippen LogP contribution < -0.4 is 10.1 Å². The Morgan fingerprint density at radius 2 is 1.81 bits per heavy atom. The van der Waals surface area contributed by atoms with E-state index in [-0.39, 0.29) is 17.9 Å². The summed E-state index contributed by atoms with van der Waals surface area (Å²) in [6.07, 6.45) is 3.39. The van der Waals surface area contributed by atoms with Crippen LogP contribution in [0.3, 0.4) is 0 Å². The Morgan fingerprint density at radius 3 is 2.38 bits per heavy atom. The number of carbonyl (C=O) groups excluding carboxylic acids is 1. The molecule has 26 heavy (non-hydrogen) atoms. The van der Waals surface area contributed by atoms with Crippen molar-refractivity contribution in [1.29, 1.82) is 0 Å². The Bertz CT molecular complexity index is 733. The normalized spacial score (nSPS) is 11.3. The smallest absolute Gasteiger partial charge is 0.262 e. The number of hydrogen-bond donors (Lipinski definition) is 1.